The van der Waals surface area contributed by atoms with E-state index in [9.17, 15) is 0 Å². The SMILES string of the molecule is Clc1cc(N=Cc2ccc(C=Nc3ccc(Br)c(Cl)c3)cc2)ccc1Br. The van der Waals surface area contributed by atoms with E-state index in [0.29, 0.717) is 10.0 Å². The number of benzene rings is 3. The van der Waals surface area contributed by atoms with E-state index < -0.39 is 0 Å². The van der Waals surface area contributed by atoms with E-state index in [1.165, 1.54) is 0 Å². The lowest BCUT2D eigenvalue weighted by Gasteiger charge is -1.99. The van der Waals surface area contributed by atoms with Crippen molar-refractivity contribution in [2.24, 2.45) is 9.98 Å². The molecule has 0 unspecified atom stereocenters. The Morgan fingerprint density at radius 2 is 1.00 bits per heavy atom. The minimum absolute atomic E-state index is 0.638. The summed E-state index contributed by atoms with van der Waals surface area (Å²) in [5, 5.41) is 1.28. The second-order valence-electron chi connectivity index (χ2n) is 5.38. The van der Waals surface area contributed by atoms with Gasteiger partial charge in [-0.2, -0.15) is 0 Å². The fourth-order valence-electron chi connectivity index (χ4n) is 2.10. The van der Waals surface area contributed by atoms with Crippen LogP contribution in [-0.2, 0) is 0 Å². The number of rotatable bonds is 4. The molecular formula is C20H12Br2Cl2N2. The molecule has 0 aliphatic heterocycles. The third-order valence-corrected chi connectivity index (χ3v) is 5.93. The largest absolute Gasteiger partial charge is 0.256 e. The summed E-state index contributed by atoms with van der Waals surface area (Å²) < 4.78 is 1.71. The van der Waals surface area contributed by atoms with Crippen LogP contribution in [0, 0.1) is 0 Å². The van der Waals surface area contributed by atoms with Crippen LogP contribution in [0.4, 0.5) is 11.4 Å². The van der Waals surface area contributed by atoms with Crippen LogP contribution in [0.3, 0.4) is 0 Å². The zero-order chi connectivity index (χ0) is 18.5. The van der Waals surface area contributed by atoms with E-state index in [0.717, 1.165) is 31.4 Å². The molecule has 0 radical (unpaired) electrons. The first-order valence-electron chi connectivity index (χ1n) is 7.59. The van der Waals surface area contributed by atoms with Gasteiger partial charge in [-0.1, -0.05) is 47.5 Å². The van der Waals surface area contributed by atoms with Crippen LogP contribution in [0.1, 0.15) is 11.1 Å². The molecule has 0 bridgehead atoms. The molecule has 26 heavy (non-hydrogen) atoms. The lowest BCUT2D eigenvalue weighted by molar-refractivity contribution is 1.50. The minimum atomic E-state index is 0.638. The van der Waals surface area contributed by atoms with Crippen LogP contribution in [0.15, 0.2) is 79.6 Å². The molecular weight excluding hydrogens is 499 g/mol. The van der Waals surface area contributed by atoms with Gasteiger partial charge in [0, 0.05) is 21.4 Å². The normalized spacial score (nSPS) is 11.5. The smallest absolute Gasteiger partial charge is 0.0645 e. The highest BCUT2D eigenvalue weighted by molar-refractivity contribution is 9.10. The summed E-state index contributed by atoms with van der Waals surface area (Å²) in [7, 11) is 0. The number of halogens is 4. The summed E-state index contributed by atoms with van der Waals surface area (Å²) in [5.74, 6) is 0. The molecule has 0 atom stereocenters. The fraction of sp³-hybridized carbons (Fsp3) is 0. The molecule has 0 saturated heterocycles. The Hall–Kier alpha value is -1.46. The second kappa shape index (κ2) is 8.96. The van der Waals surface area contributed by atoms with Gasteiger partial charge < -0.3 is 0 Å². The number of nitrogens with zero attached hydrogens (tertiary/aromatic N) is 2. The van der Waals surface area contributed by atoms with E-state index in [1.54, 1.807) is 12.4 Å². The average Bonchev–Trinajstić information content (AvgIpc) is 2.64. The second-order valence-corrected chi connectivity index (χ2v) is 7.90. The third kappa shape index (κ3) is 5.27. The maximum Gasteiger partial charge on any atom is 0.0645 e. The standard InChI is InChI=1S/C20H12Br2Cl2N2/c21-17-7-5-15(9-19(17)23)25-11-13-1-2-14(4-3-13)12-26-16-6-8-18(22)20(24)10-16/h1-12H. The van der Waals surface area contributed by atoms with E-state index in [2.05, 4.69) is 41.8 Å². The number of hydrogen-bond acceptors (Lipinski definition) is 2. The van der Waals surface area contributed by atoms with Crippen LogP contribution in [-0.4, -0.2) is 12.4 Å². The van der Waals surface area contributed by atoms with Crippen molar-refractivity contribution in [3.8, 4) is 0 Å². The molecule has 6 heteroatoms. The highest BCUT2D eigenvalue weighted by Gasteiger charge is 1.98. The third-order valence-electron chi connectivity index (χ3n) is 3.47. The van der Waals surface area contributed by atoms with Gasteiger partial charge in [0.2, 0.25) is 0 Å². The Kier molecular flexibility index (Phi) is 6.65. The quantitative estimate of drug-likeness (QED) is 0.317. The topological polar surface area (TPSA) is 24.7 Å². The van der Waals surface area contributed by atoms with Gasteiger partial charge in [-0.05, 0) is 79.4 Å². The van der Waals surface area contributed by atoms with E-state index >= 15 is 0 Å². The lowest BCUT2D eigenvalue weighted by atomic mass is 10.1. The molecule has 0 N–H and O–H groups in total. The van der Waals surface area contributed by atoms with Crippen LogP contribution in [0.2, 0.25) is 10.0 Å². The minimum Gasteiger partial charge on any atom is -0.256 e. The van der Waals surface area contributed by atoms with Gasteiger partial charge in [0.1, 0.15) is 0 Å². The molecule has 0 aliphatic carbocycles. The Morgan fingerprint density at radius 1 is 0.615 bits per heavy atom. The Bertz CT molecular complexity index is 903. The Morgan fingerprint density at radius 3 is 1.35 bits per heavy atom. The van der Waals surface area contributed by atoms with Crippen molar-refractivity contribution in [1.29, 1.82) is 0 Å². The summed E-state index contributed by atoms with van der Waals surface area (Å²) >= 11 is 18.9. The lowest BCUT2D eigenvalue weighted by Crippen LogP contribution is -1.84. The highest BCUT2D eigenvalue weighted by Crippen LogP contribution is 2.27. The summed E-state index contributed by atoms with van der Waals surface area (Å²) in [4.78, 5) is 8.87. The molecule has 2 nitrogen and oxygen atoms in total. The maximum atomic E-state index is 6.07. The molecule has 130 valence electrons. The molecule has 0 amide bonds. The van der Waals surface area contributed by atoms with E-state index in [4.69, 9.17) is 23.2 Å². The first-order valence-corrected chi connectivity index (χ1v) is 9.94. The fourth-order valence-corrected chi connectivity index (χ4v) is 2.94. The molecule has 3 aromatic carbocycles. The first-order chi connectivity index (χ1) is 12.5. The van der Waals surface area contributed by atoms with Crippen LogP contribution < -0.4 is 0 Å². The van der Waals surface area contributed by atoms with Crippen LogP contribution >= 0.6 is 55.1 Å². The van der Waals surface area contributed by atoms with Crippen molar-refractivity contribution in [3.63, 3.8) is 0 Å². The molecule has 0 aliphatic rings. The average molecular weight is 511 g/mol. The first kappa shape index (κ1) is 19.3. The van der Waals surface area contributed by atoms with Crippen LogP contribution in [0.5, 0.6) is 0 Å². The molecule has 0 saturated carbocycles. The van der Waals surface area contributed by atoms with Crippen molar-refractivity contribution < 1.29 is 0 Å². The summed E-state index contributed by atoms with van der Waals surface area (Å²) in [6, 6.07) is 19.1. The Labute approximate surface area is 178 Å². The molecule has 3 aromatic rings. The summed E-state index contributed by atoms with van der Waals surface area (Å²) in [6.07, 6.45) is 3.60. The Balaban J connectivity index is 1.69. The predicted octanol–water partition coefficient (Wildman–Crippen LogP) is 8.02. The van der Waals surface area contributed by atoms with Crippen molar-refractivity contribution in [2.45, 2.75) is 0 Å². The van der Waals surface area contributed by atoms with Crippen LogP contribution in [0.25, 0.3) is 0 Å². The summed E-state index contributed by atoms with van der Waals surface area (Å²) in [5.41, 5.74) is 3.59. The van der Waals surface area contributed by atoms with Crippen molar-refractivity contribution in [2.75, 3.05) is 0 Å². The predicted molar refractivity (Wildman–Crippen MR) is 119 cm³/mol. The van der Waals surface area contributed by atoms with Gasteiger partial charge in [0.05, 0.1) is 21.4 Å². The number of aliphatic imine (C=N–C) groups is 2. The van der Waals surface area contributed by atoms with Gasteiger partial charge in [-0.15, -0.1) is 0 Å². The zero-order valence-corrected chi connectivity index (χ0v) is 18.0. The molecule has 3 rings (SSSR count). The molecule has 0 heterocycles. The van der Waals surface area contributed by atoms with Gasteiger partial charge >= 0.3 is 0 Å². The van der Waals surface area contributed by atoms with Crippen molar-refractivity contribution in [1.82, 2.24) is 0 Å². The molecule has 0 aromatic heterocycles. The van der Waals surface area contributed by atoms with Crippen molar-refractivity contribution >= 4 is 78.9 Å². The highest BCUT2D eigenvalue weighted by atomic mass is 79.9. The monoisotopic (exact) mass is 508 g/mol. The summed E-state index contributed by atoms with van der Waals surface area (Å²) in [6.45, 7) is 0. The van der Waals surface area contributed by atoms with Gasteiger partial charge in [0.25, 0.3) is 0 Å². The van der Waals surface area contributed by atoms with E-state index in [-0.39, 0.29) is 0 Å². The number of hydrogen-bond donors (Lipinski definition) is 0. The molecule has 0 spiro atoms. The van der Waals surface area contributed by atoms with Gasteiger partial charge in [-0.25, -0.2) is 0 Å². The van der Waals surface area contributed by atoms with Crippen molar-refractivity contribution in [3.05, 3.63) is 90.8 Å². The van der Waals surface area contributed by atoms with Gasteiger partial charge in [-0.3, -0.25) is 9.98 Å². The zero-order valence-electron chi connectivity index (χ0n) is 13.3. The van der Waals surface area contributed by atoms with E-state index in [1.807, 2.05) is 60.7 Å². The molecule has 0 fully saturated rings. The van der Waals surface area contributed by atoms with Gasteiger partial charge in [0.15, 0.2) is 0 Å². The maximum absolute atomic E-state index is 6.07.